The van der Waals surface area contributed by atoms with Crippen molar-refractivity contribution in [3.8, 4) is 6.07 Å². The first-order valence-corrected chi connectivity index (χ1v) is 6.47. The summed E-state index contributed by atoms with van der Waals surface area (Å²) in [6, 6.07) is 7.85. The van der Waals surface area contributed by atoms with Crippen LogP contribution in [0.4, 0.5) is 4.39 Å². The molecule has 3 nitrogen and oxygen atoms in total. The molecule has 1 aromatic rings. The van der Waals surface area contributed by atoms with Gasteiger partial charge >= 0.3 is 0 Å². The predicted octanol–water partition coefficient (Wildman–Crippen LogP) is 3.08. The third-order valence-electron chi connectivity index (χ3n) is 3.08. The molecule has 102 valence electrons. The molecule has 0 radical (unpaired) electrons. The molecule has 1 unspecified atom stereocenters. The molecule has 1 atom stereocenters. The van der Waals surface area contributed by atoms with Crippen LogP contribution in [0, 0.1) is 17.1 Å². The Bertz CT molecular complexity index is 450. The number of nitriles is 1. The molecule has 0 saturated carbocycles. The zero-order valence-electron chi connectivity index (χ0n) is 11.4. The molecule has 1 amide bonds. The van der Waals surface area contributed by atoms with Crippen LogP contribution in [-0.4, -0.2) is 24.4 Å². The molecular formula is C15H19FN2O. The van der Waals surface area contributed by atoms with Gasteiger partial charge in [-0.25, -0.2) is 4.39 Å². The summed E-state index contributed by atoms with van der Waals surface area (Å²) in [5.74, 6) is -0.909. The van der Waals surface area contributed by atoms with E-state index < -0.39 is 5.92 Å². The molecular weight excluding hydrogens is 243 g/mol. The molecule has 0 N–H and O–H groups in total. The molecule has 1 rings (SSSR count). The number of unbranched alkanes of at least 4 members (excludes halogenated alkanes) is 1. The van der Waals surface area contributed by atoms with E-state index in [9.17, 15) is 9.18 Å². The van der Waals surface area contributed by atoms with Gasteiger partial charge in [0.1, 0.15) is 5.82 Å². The van der Waals surface area contributed by atoms with Gasteiger partial charge in [-0.05, 0) is 24.1 Å². The number of hydrogen-bond acceptors (Lipinski definition) is 2. The number of carbonyl (C=O) groups excluding carboxylic acids is 1. The van der Waals surface area contributed by atoms with Gasteiger partial charge in [-0.15, -0.1) is 0 Å². The lowest BCUT2D eigenvalue weighted by Crippen LogP contribution is -2.28. The van der Waals surface area contributed by atoms with Crippen LogP contribution in [0.5, 0.6) is 0 Å². The second-order valence-electron chi connectivity index (χ2n) is 4.61. The number of nitrogens with zero attached hydrogens (tertiary/aromatic N) is 2. The quantitative estimate of drug-likeness (QED) is 0.790. The van der Waals surface area contributed by atoms with Gasteiger partial charge < -0.3 is 4.90 Å². The first-order valence-electron chi connectivity index (χ1n) is 6.47. The summed E-state index contributed by atoms with van der Waals surface area (Å²) in [4.78, 5) is 13.6. The van der Waals surface area contributed by atoms with Crippen molar-refractivity contribution < 1.29 is 9.18 Å². The summed E-state index contributed by atoms with van der Waals surface area (Å²) in [7, 11) is 1.75. The SMILES string of the molecule is CCCCN(C)C(=O)CC(C#N)c1ccc(F)cc1. The normalized spacial score (nSPS) is 11.7. The largest absolute Gasteiger partial charge is 0.346 e. The Hall–Kier alpha value is -1.89. The predicted molar refractivity (Wildman–Crippen MR) is 71.9 cm³/mol. The van der Waals surface area contributed by atoms with E-state index in [1.165, 1.54) is 12.1 Å². The molecule has 0 bridgehead atoms. The van der Waals surface area contributed by atoms with E-state index in [-0.39, 0.29) is 18.1 Å². The Morgan fingerprint density at radius 2 is 2.05 bits per heavy atom. The van der Waals surface area contributed by atoms with E-state index in [1.54, 1.807) is 24.1 Å². The van der Waals surface area contributed by atoms with E-state index in [1.807, 2.05) is 0 Å². The van der Waals surface area contributed by atoms with Crippen LogP contribution < -0.4 is 0 Å². The summed E-state index contributed by atoms with van der Waals surface area (Å²) >= 11 is 0. The number of benzene rings is 1. The molecule has 0 aliphatic carbocycles. The standard InChI is InChI=1S/C15H19FN2O/c1-3-4-9-18(2)15(19)10-13(11-17)12-5-7-14(16)8-6-12/h5-8,13H,3-4,9-10H2,1-2H3. The Kier molecular flexibility index (Phi) is 6.01. The zero-order chi connectivity index (χ0) is 14.3. The fraction of sp³-hybridized carbons (Fsp3) is 0.467. The first-order chi connectivity index (χ1) is 9.08. The number of halogens is 1. The maximum absolute atomic E-state index is 12.8. The van der Waals surface area contributed by atoms with Crippen molar-refractivity contribution in [1.29, 1.82) is 5.26 Å². The van der Waals surface area contributed by atoms with Gasteiger partial charge in [0.25, 0.3) is 0 Å². The van der Waals surface area contributed by atoms with Crippen LogP contribution in [0.15, 0.2) is 24.3 Å². The first kappa shape index (κ1) is 15.2. The highest BCUT2D eigenvalue weighted by atomic mass is 19.1. The lowest BCUT2D eigenvalue weighted by Gasteiger charge is -2.18. The van der Waals surface area contributed by atoms with Crippen molar-refractivity contribution in [2.45, 2.75) is 32.1 Å². The van der Waals surface area contributed by atoms with Gasteiger partial charge in [0, 0.05) is 20.0 Å². The smallest absolute Gasteiger partial charge is 0.223 e. The fourth-order valence-corrected chi connectivity index (χ4v) is 1.78. The van der Waals surface area contributed by atoms with Gasteiger partial charge in [0.05, 0.1) is 12.0 Å². The van der Waals surface area contributed by atoms with Gasteiger partial charge in [-0.1, -0.05) is 25.5 Å². The van der Waals surface area contributed by atoms with Crippen LogP contribution in [0.25, 0.3) is 0 Å². The minimum atomic E-state index is -0.517. The van der Waals surface area contributed by atoms with E-state index in [4.69, 9.17) is 5.26 Å². The molecule has 0 spiro atoms. The maximum atomic E-state index is 12.8. The molecule has 0 fully saturated rings. The lowest BCUT2D eigenvalue weighted by molar-refractivity contribution is -0.130. The molecule has 0 aromatic heterocycles. The fourth-order valence-electron chi connectivity index (χ4n) is 1.78. The summed E-state index contributed by atoms with van der Waals surface area (Å²) in [6.07, 6.45) is 2.12. The van der Waals surface area contributed by atoms with Crippen molar-refractivity contribution in [2.24, 2.45) is 0 Å². The van der Waals surface area contributed by atoms with Crippen LogP contribution in [0.2, 0.25) is 0 Å². The van der Waals surface area contributed by atoms with Crippen molar-refractivity contribution in [1.82, 2.24) is 4.90 Å². The Balaban J connectivity index is 2.64. The highest BCUT2D eigenvalue weighted by molar-refractivity contribution is 5.77. The monoisotopic (exact) mass is 262 g/mol. The maximum Gasteiger partial charge on any atom is 0.223 e. The minimum Gasteiger partial charge on any atom is -0.346 e. The lowest BCUT2D eigenvalue weighted by atomic mass is 9.96. The Morgan fingerprint density at radius 3 is 2.58 bits per heavy atom. The Morgan fingerprint density at radius 1 is 1.42 bits per heavy atom. The minimum absolute atomic E-state index is 0.0516. The Labute approximate surface area is 113 Å². The van der Waals surface area contributed by atoms with Crippen molar-refractivity contribution in [3.63, 3.8) is 0 Å². The molecule has 19 heavy (non-hydrogen) atoms. The van der Waals surface area contributed by atoms with Crippen molar-refractivity contribution in [3.05, 3.63) is 35.6 Å². The third kappa shape index (κ3) is 4.70. The molecule has 0 heterocycles. The summed E-state index contributed by atoms with van der Waals surface area (Å²) < 4.78 is 12.8. The second-order valence-corrected chi connectivity index (χ2v) is 4.61. The number of rotatable bonds is 6. The van der Waals surface area contributed by atoms with Crippen molar-refractivity contribution >= 4 is 5.91 Å². The molecule has 1 aromatic carbocycles. The average Bonchev–Trinajstić information content (AvgIpc) is 2.42. The molecule has 0 aliphatic rings. The summed E-state index contributed by atoms with van der Waals surface area (Å²) in [5.41, 5.74) is 0.682. The number of carbonyl (C=O) groups is 1. The van der Waals surface area contributed by atoms with Gasteiger partial charge in [0.2, 0.25) is 5.91 Å². The molecule has 4 heteroatoms. The van der Waals surface area contributed by atoms with Crippen LogP contribution in [0.1, 0.15) is 37.7 Å². The van der Waals surface area contributed by atoms with E-state index in [0.29, 0.717) is 12.1 Å². The van der Waals surface area contributed by atoms with E-state index >= 15 is 0 Å². The third-order valence-corrected chi connectivity index (χ3v) is 3.08. The van der Waals surface area contributed by atoms with Gasteiger partial charge in [-0.2, -0.15) is 5.26 Å². The van der Waals surface area contributed by atoms with Gasteiger partial charge in [-0.3, -0.25) is 4.79 Å². The zero-order valence-corrected chi connectivity index (χ0v) is 11.4. The highest BCUT2D eigenvalue weighted by Gasteiger charge is 2.18. The summed E-state index contributed by atoms with van der Waals surface area (Å²) in [5, 5.41) is 9.14. The highest BCUT2D eigenvalue weighted by Crippen LogP contribution is 2.20. The second kappa shape index (κ2) is 7.52. The van der Waals surface area contributed by atoms with Crippen LogP contribution in [0.3, 0.4) is 0 Å². The van der Waals surface area contributed by atoms with Gasteiger partial charge in [0.15, 0.2) is 0 Å². The molecule has 0 saturated heterocycles. The van der Waals surface area contributed by atoms with Crippen molar-refractivity contribution in [2.75, 3.05) is 13.6 Å². The number of hydrogen-bond donors (Lipinski definition) is 0. The van der Waals surface area contributed by atoms with Crippen LogP contribution in [-0.2, 0) is 4.79 Å². The topological polar surface area (TPSA) is 44.1 Å². The number of amides is 1. The molecule has 0 aliphatic heterocycles. The summed E-state index contributed by atoms with van der Waals surface area (Å²) in [6.45, 7) is 2.77. The van der Waals surface area contributed by atoms with E-state index in [2.05, 4.69) is 13.0 Å². The van der Waals surface area contributed by atoms with Crippen LogP contribution >= 0.6 is 0 Å². The van der Waals surface area contributed by atoms with E-state index in [0.717, 1.165) is 12.8 Å². The average molecular weight is 262 g/mol.